The highest BCUT2D eigenvalue weighted by atomic mass is 32.2. The molecule has 0 radical (unpaired) electrons. The van der Waals surface area contributed by atoms with Crippen LogP contribution in [0.15, 0.2) is 23.1 Å². The number of carbonyl (C=O) groups excluding carboxylic acids is 1. The highest BCUT2D eigenvalue weighted by Gasteiger charge is 2.19. The Bertz CT molecular complexity index is 585. The van der Waals surface area contributed by atoms with Crippen molar-refractivity contribution in [2.75, 3.05) is 0 Å². The number of amides is 1. The van der Waals surface area contributed by atoms with E-state index in [1.54, 1.807) is 6.92 Å². The van der Waals surface area contributed by atoms with Crippen molar-refractivity contribution in [1.29, 1.82) is 0 Å². The van der Waals surface area contributed by atoms with Crippen LogP contribution in [-0.4, -0.2) is 20.4 Å². The van der Waals surface area contributed by atoms with Gasteiger partial charge in [-0.25, -0.2) is 17.9 Å². The molecule has 0 heterocycles. The molecule has 0 fully saturated rings. The third-order valence-electron chi connectivity index (χ3n) is 2.87. The van der Waals surface area contributed by atoms with Gasteiger partial charge in [-0.1, -0.05) is 13.8 Å². The van der Waals surface area contributed by atoms with E-state index in [4.69, 9.17) is 5.14 Å². The van der Waals surface area contributed by atoms with Crippen molar-refractivity contribution in [2.24, 2.45) is 11.1 Å². The quantitative estimate of drug-likeness (QED) is 0.873. The zero-order valence-corrected chi connectivity index (χ0v) is 11.8. The molecule has 19 heavy (non-hydrogen) atoms. The van der Waals surface area contributed by atoms with E-state index in [2.05, 4.69) is 5.32 Å². The Balaban J connectivity index is 3.10. The van der Waals surface area contributed by atoms with E-state index in [1.807, 2.05) is 13.8 Å². The lowest BCUT2D eigenvalue weighted by molar-refractivity contribution is 0.0926. The van der Waals surface area contributed by atoms with E-state index in [0.717, 1.165) is 18.2 Å². The van der Waals surface area contributed by atoms with Crippen LogP contribution < -0.4 is 10.5 Å². The number of sulfonamides is 1. The Kier molecular flexibility index (Phi) is 4.65. The molecule has 1 amide bonds. The van der Waals surface area contributed by atoms with Crippen molar-refractivity contribution in [2.45, 2.75) is 31.7 Å². The largest absolute Gasteiger partial charge is 0.349 e. The van der Waals surface area contributed by atoms with Crippen molar-refractivity contribution >= 4 is 15.9 Å². The molecule has 106 valence electrons. The first kappa shape index (κ1) is 15.6. The van der Waals surface area contributed by atoms with Gasteiger partial charge in [-0.3, -0.25) is 4.79 Å². The summed E-state index contributed by atoms with van der Waals surface area (Å²) in [7, 11) is -3.97. The summed E-state index contributed by atoms with van der Waals surface area (Å²) >= 11 is 0. The van der Waals surface area contributed by atoms with Crippen molar-refractivity contribution in [1.82, 2.24) is 5.32 Å². The number of nitrogens with two attached hydrogens (primary N) is 1. The van der Waals surface area contributed by atoms with Crippen LogP contribution in [0, 0.1) is 11.7 Å². The van der Waals surface area contributed by atoms with Gasteiger partial charge in [0.25, 0.3) is 5.91 Å². The van der Waals surface area contributed by atoms with Gasteiger partial charge in [0, 0.05) is 6.04 Å². The number of halogens is 1. The van der Waals surface area contributed by atoms with E-state index in [0.29, 0.717) is 0 Å². The molecule has 1 aromatic rings. The first-order valence-electron chi connectivity index (χ1n) is 5.76. The van der Waals surface area contributed by atoms with Crippen LogP contribution in [0.25, 0.3) is 0 Å². The molecule has 3 N–H and O–H groups in total. The number of hydrogen-bond acceptors (Lipinski definition) is 3. The standard InChI is InChI=1S/C12H17FN2O3S/c1-7(2)8(3)15-12(16)10-6-9(19(14,17)18)4-5-11(10)13/h4-8H,1-3H3,(H,15,16)(H2,14,17,18). The van der Waals surface area contributed by atoms with Crippen LogP contribution in [-0.2, 0) is 10.0 Å². The Morgan fingerprint density at radius 3 is 2.37 bits per heavy atom. The summed E-state index contributed by atoms with van der Waals surface area (Å²) < 4.78 is 35.9. The predicted molar refractivity (Wildman–Crippen MR) is 69.5 cm³/mol. The highest BCUT2D eigenvalue weighted by molar-refractivity contribution is 7.89. The van der Waals surface area contributed by atoms with E-state index in [1.165, 1.54) is 0 Å². The Morgan fingerprint density at radius 1 is 1.32 bits per heavy atom. The van der Waals surface area contributed by atoms with Gasteiger partial charge in [-0.15, -0.1) is 0 Å². The lowest BCUT2D eigenvalue weighted by Gasteiger charge is -2.17. The number of nitrogens with one attached hydrogen (secondary N) is 1. The normalized spacial score (nSPS) is 13.4. The van der Waals surface area contributed by atoms with Crippen LogP contribution in [0.1, 0.15) is 31.1 Å². The molecule has 0 spiro atoms. The molecule has 0 aliphatic carbocycles. The number of carbonyl (C=O) groups is 1. The second-order valence-electron chi connectivity index (χ2n) is 4.69. The van der Waals surface area contributed by atoms with Gasteiger partial charge < -0.3 is 5.32 Å². The molecule has 0 aromatic heterocycles. The molecule has 0 bridgehead atoms. The van der Waals surface area contributed by atoms with Crippen LogP contribution in [0.4, 0.5) is 4.39 Å². The molecule has 5 nitrogen and oxygen atoms in total. The number of rotatable bonds is 4. The summed E-state index contributed by atoms with van der Waals surface area (Å²) in [6.45, 7) is 5.59. The molecule has 7 heteroatoms. The van der Waals surface area contributed by atoms with Gasteiger partial charge in [0.1, 0.15) is 5.82 Å². The Labute approximate surface area is 112 Å². The molecule has 0 saturated carbocycles. The average molecular weight is 288 g/mol. The smallest absolute Gasteiger partial charge is 0.254 e. The fourth-order valence-electron chi connectivity index (χ4n) is 1.31. The first-order valence-corrected chi connectivity index (χ1v) is 7.30. The van der Waals surface area contributed by atoms with Gasteiger partial charge in [0.15, 0.2) is 0 Å². The van der Waals surface area contributed by atoms with Gasteiger partial charge in [0.05, 0.1) is 10.5 Å². The Hall–Kier alpha value is -1.47. The van der Waals surface area contributed by atoms with Crippen LogP contribution in [0.3, 0.4) is 0 Å². The molecular weight excluding hydrogens is 271 g/mol. The Morgan fingerprint density at radius 2 is 1.89 bits per heavy atom. The monoisotopic (exact) mass is 288 g/mol. The fourth-order valence-corrected chi connectivity index (χ4v) is 1.85. The summed E-state index contributed by atoms with van der Waals surface area (Å²) in [5, 5.41) is 7.54. The summed E-state index contributed by atoms with van der Waals surface area (Å²) in [5.41, 5.74) is -0.334. The average Bonchev–Trinajstić information content (AvgIpc) is 2.27. The van der Waals surface area contributed by atoms with Crippen molar-refractivity contribution < 1.29 is 17.6 Å². The van der Waals surface area contributed by atoms with Gasteiger partial charge >= 0.3 is 0 Å². The minimum Gasteiger partial charge on any atom is -0.349 e. The van der Waals surface area contributed by atoms with Crippen molar-refractivity contribution in [3.63, 3.8) is 0 Å². The lowest BCUT2D eigenvalue weighted by Crippen LogP contribution is -2.36. The highest BCUT2D eigenvalue weighted by Crippen LogP contribution is 2.14. The first-order chi connectivity index (χ1) is 8.62. The summed E-state index contributed by atoms with van der Waals surface area (Å²) in [5.74, 6) is -1.28. The van der Waals surface area contributed by atoms with Crippen LogP contribution >= 0.6 is 0 Å². The number of primary sulfonamides is 1. The fraction of sp³-hybridized carbons (Fsp3) is 0.417. The maximum absolute atomic E-state index is 13.6. The lowest BCUT2D eigenvalue weighted by atomic mass is 10.1. The minimum atomic E-state index is -3.97. The van der Waals surface area contributed by atoms with Crippen LogP contribution in [0.5, 0.6) is 0 Å². The van der Waals surface area contributed by atoms with E-state index in [9.17, 15) is 17.6 Å². The molecule has 0 aliphatic rings. The van der Waals surface area contributed by atoms with E-state index >= 15 is 0 Å². The van der Waals surface area contributed by atoms with Gasteiger partial charge in [-0.05, 0) is 31.0 Å². The maximum atomic E-state index is 13.6. The molecule has 1 atom stereocenters. The molecule has 1 aromatic carbocycles. The topological polar surface area (TPSA) is 89.3 Å². The van der Waals surface area contributed by atoms with Crippen molar-refractivity contribution in [3.05, 3.63) is 29.6 Å². The van der Waals surface area contributed by atoms with E-state index in [-0.39, 0.29) is 22.4 Å². The number of benzene rings is 1. The SMILES string of the molecule is CC(C)C(C)NC(=O)c1cc(S(N)(=O)=O)ccc1F. The van der Waals surface area contributed by atoms with Gasteiger partial charge in [-0.2, -0.15) is 0 Å². The second-order valence-corrected chi connectivity index (χ2v) is 6.25. The van der Waals surface area contributed by atoms with Gasteiger partial charge in [0.2, 0.25) is 10.0 Å². The summed E-state index contributed by atoms with van der Waals surface area (Å²) in [4.78, 5) is 11.6. The second kappa shape index (κ2) is 5.66. The third kappa shape index (κ3) is 4.00. The molecule has 0 saturated heterocycles. The molecule has 0 aliphatic heterocycles. The third-order valence-corrected chi connectivity index (χ3v) is 3.78. The summed E-state index contributed by atoms with van der Waals surface area (Å²) in [6.07, 6.45) is 0. The molecule has 1 rings (SSSR count). The predicted octanol–water partition coefficient (Wildman–Crippen LogP) is 1.25. The molecular formula is C12H17FN2O3S. The summed E-state index contributed by atoms with van der Waals surface area (Å²) in [6, 6.07) is 2.71. The minimum absolute atomic E-state index is 0.162. The van der Waals surface area contributed by atoms with Crippen molar-refractivity contribution in [3.8, 4) is 0 Å². The van der Waals surface area contributed by atoms with E-state index < -0.39 is 21.7 Å². The zero-order chi connectivity index (χ0) is 14.8. The number of hydrogen-bond donors (Lipinski definition) is 2. The maximum Gasteiger partial charge on any atom is 0.254 e. The van der Waals surface area contributed by atoms with Crippen LogP contribution in [0.2, 0.25) is 0 Å². The zero-order valence-electron chi connectivity index (χ0n) is 11.0. The molecule has 1 unspecified atom stereocenters.